The average molecular weight is 245 g/mol. The van der Waals surface area contributed by atoms with Crippen molar-refractivity contribution in [2.75, 3.05) is 0 Å². The molecule has 2 aromatic rings. The Morgan fingerprint density at radius 2 is 2.17 bits per heavy atom. The maximum atomic E-state index is 10.2. The lowest BCUT2D eigenvalue weighted by Crippen LogP contribution is -2.09. The van der Waals surface area contributed by atoms with E-state index >= 15 is 0 Å². The fourth-order valence-electron chi connectivity index (χ4n) is 2.00. The van der Waals surface area contributed by atoms with Gasteiger partial charge in [-0.2, -0.15) is 5.10 Å². The zero-order chi connectivity index (χ0) is 13.0. The molecule has 4 heteroatoms. The van der Waals surface area contributed by atoms with Crippen molar-refractivity contribution in [2.45, 2.75) is 39.3 Å². The van der Waals surface area contributed by atoms with Crippen molar-refractivity contribution >= 4 is 0 Å². The Morgan fingerprint density at radius 1 is 1.33 bits per heavy atom. The van der Waals surface area contributed by atoms with Crippen LogP contribution in [-0.2, 0) is 19.4 Å². The molecular weight excluding hydrogens is 226 g/mol. The standard InChI is InChI=1S/C14H19N3O/c1-3-11-9-12(17(4-2)16-11)10-14(18)13-7-5-6-8-15-13/h5-9,14,18H,3-4,10H2,1-2H3. The number of hydrogen-bond donors (Lipinski definition) is 1. The van der Waals surface area contributed by atoms with Crippen LogP contribution in [0.25, 0.3) is 0 Å². The lowest BCUT2D eigenvalue weighted by atomic mass is 10.1. The van der Waals surface area contributed by atoms with Gasteiger partial charge in [0.15, 0.2) is 0 Å². The Labute approximate surface area is 107 Å². The van der Waals surface area contributed by atoms with Crippen LogP contribution in [-0.4, -0.2) is 19.9 Å². The van der Waals surface area contributed by atoms with Gasteiger partial charge >= 0.3 is 0 Å². The number of aryl methyl sites for hydroxylation is 2. The van der Waals surface area contributed by atoms with Gasteiger partial charge < -0.3 is 5.11 Å². The van der Waals surface area contributed by atoms with Crippen molar-refractivity contribution in [1.29, 1.82) is 0 Å². The SMILES string of the molecule is CCc1cc(CC(O)c2ccccn2)n(CC)n1. The van der Waals surface area contributed by atoms with Crippen molar-refractivity contribution < 1.29 is 5.11 Å². The predicted molar refractivity (Wildman–Crippen MR) is 70.2 cm³/mol. The van der Waals surface area contributed by atoms with Gasteiger partial charge in [-0.1, -0.05) is 13.0 Å². The zero-order valence-corrected chi connectivity index (χ0v) is 10.9. The van der Waals surface area contributed by atoms with Crippen LogP contribution in [0.2, 0.25) is 0 Å². The normalized spacial score (nSPS) is 12.6. The lowest BCUT2D eigenvalue weighted by molar-refractivity contribution is 0.170. The Balaban J connectivity index is 2.16. The minimum absolute atomic E-state index is 0.553. The third-order valence-electron chi connectivity index (χ3n) is 3.01. The van der Waals surface area contributed by atoms with Gasteiger partial charge in [0.05, 0.1) is 11.4 Å². The van der Waals surface area contributed by atoms with Crippen molar-refractivity contribution in [2.24, 2.45) is 0 Å². The minimum Gasteiger partial charge on any atom is -0.386 e. The average Bonchev–Trinajstić information content (AvgIpc) is 2.82. The van der Waals surface area contributed by atoms with Gasteiger partial charge in [0.2, 0.25) is 0 Å². The first-order valence-electron chi connectivity index (χ1n) is 6.39. The molecule has 0 fully saturated rings. The van der Waals surface area contributed by atoms with E-state index in [0.717, 1.165) is 24.4 Å². The summed E-state index contributed by atoms with van der Waals surface area (Å²) in [5.41, 5.74) is 2.84. The largest absolute Gasteiger partial charge is 0.386 e. The highest BCUT2D eigenvalue weighted by Gasteiger charge is 2.13. The fourth-order valence-corrected chi connectivity index (χ4v) is 2.00. The number of aliphatic hydroxyl groups excluding tert-OH is 1. The maximum Gasteiger partial charge on any atom is 0.101 e. The molecule has 2 rings (SSSR count). The molecule has 2 aromatic heterocycles. The van der Waals surface area contributed by atoms with Gasteiger partial charge in [0.25, 0.3) is 0 Å². The Kier molecular flexibility index (Phi) is 4.10. The molecule has 1 unspecified atom stereocenters. The van der Waals surface area contributed by atoms with E-state index in [1.165, 1.54) is 0 Å². The van der Waals surface area contributed by atoms with Crippen LogP contribution in [0.3, 0.4) is 0 Å². The molecule has 1 N–H and O–H groups in total. The first-order valence-corrected chi connectivity index (χ1v) is 6.39. The van der Waals surface area contributed by atoms with Crippen LogP contribution in [0.1, 0.15) is 37.0 Å². The van der Waals surface area contributed by atoms with Crippen molar-refractivity contribution in [3.63, 3.8) is 0 Å². The number of pyridine rings is 1. The Hall–Kier alpha value is -1.68. The second-order valence-corrected chi connectivity index (χ2v) is 4.27. The van der Waals surface area contributed by atoms with Gasteiger partial charge in [-0.15, -0.1) is 0 Å². The number of aromatic nitrogens is 3. The van der Waals surface area contributed by atoms with Gasteiger partial charge in [-0.05, 0) is 31.5 Å². The Bertz CT molecular complexity index is 493. The molecule has 4 nitrogen and oxygen atoms in total. The van der Waals surface area contributed by atoms with Gasteiger partial charge in [0.1, 0.15) is 6.10 Å². The summed E-state index contributed by atoms with van der Waals surface area (Å²) in [6.45, 7) is 4.97. The summed E-state index contributed by atoms with van der Waals surface area (Å²) >= 11 is 0. The van der Waals surface area contributed by atoms with Crippen LogP contribution in [0.4, 0.5) is 0 Å². The van der Waals surface area contributed by atoms with E-state index in [0.29, 0.717) is 12.1 Å². The number of nitrogens with zero attached hydrogens (tertiary/aromatic N) is 3. The van der Waals surface area contributed by atoms with Crippen LogP contribution >= 0.6 is 0 Å². The van der Waals surface area contributed by atoms with E-state index in [-0.39, 0.29) is 0 Å². The molecule has 0 aliphatic carbocycles. The molecule has 0 radical (unpaired) electrons. The number of hydrogen-bond acceptors (Lipinski definition) is 3. The summed E-state index contributed by atoms with van der Waals surface area (Å²) in [5.74, 6) is 0. The van der Waals surface area contributed by atoms with E-state index in [2.05, 4.69) is 30.0 Å². The zero-order valence-electron chi connectivity index (χ0n) is 10.9. The Morgan fingerprint density at radius 3 is 2.78 bits per heavy atom. The third kappa shape index (κ3) is 2.76. The minimum atomic E-state index is -0.571. The molecule has 0 aliphatic heterocycles. The maximum absolute atomic E-state index is 10.2. The summed E-state index contributed by atoms with van der Waals surface area (Å²) in [4.78, 5) is 4.18. The van der Waals surface area contributed by atoms with E-state index in [1.807, 2.05) is 22.9 Å². The molecule has 18 heavy (non-hydrogen) atoms. The van der Waals surface area contributed by atoms with E-state index < -0.39 is 6.10 Å². The molecule has 1 atom stereocenters. The highest BCUT2D eigenvalue weighted by molar-refractivity contribution is 5.15. The van der Waals surface area contributed by atoms with E-state index in [1.54, 1.807) is 6.20 Å². The molecule has 2 heterocycles. The summed E-state index contributed by atoms with van der Waals surface area (Å²) in [5, 5.41) is 14.7. The van der Waals surface area contributed by atoms with Gasteiger partial charge in [-0.25, -0.2) is 0 Å². The highest BCUT2D eigenvalue weighted by atomic mass is 16.3. The second kappa shape index (κ2) is 5.78. The van der Waals surface area contributed by atoms with Crippen molar-refractivity contribution in [3.8, 4) is 0 Å². The van der Waals surface area contributed by atoms with Crippen LogP contribution < -0.4 is 0 Å². The second-order valence-electron chi connectivity index (χ2n) is 4.27. The summed E-state index contributed by atoms with van der Waals surface area (Å²) < 4.78 is 1.95. The molecule has 96 valence electrons. The monoisotopic (exact) mass is 245 g/mol. The van der Waals surface area contributed by atoms with Crippen LogP contribution in [0.5, 0.6) is 0 Å². The number of rotatable bonds is 5. The summed E-state index contributed by atoms with van der Waals surface area (Å²) in [6.07, 6.45) is 2.60. The molecule has 0 aromatic carbocycles. The van der Waals surface area contributed by atoms with Gasteiger partial charge in [0, 0.05) is 24.9 Å². The topological polar surface area (TPSA) is 50.9 Å². The quantitative estimate of drug-likeness (QED) is 0.878. The first kappa shape index (κ1) is 12.8. The van der Waals surface area contributed by atoms with E-state index in [9.17, 15) is 5.11 Å². The highest BCUT2D eigenvalue weighted by Crippen LogP contribution is 2.17. The first-order chi connectivity index (χ1) is 8.74. The lowest BCUT2D eigenvalue weighted by Gasteiger charge is -2.10. The van der Waals surface area contributed by atoms with Crippen molar-refractivity contribution in [3.05, 3.63) is 47.5 Å². The molecule has 0 spiro atoms. The van der Waals surface area contributed by atoms with Crippen LogP contribution in [0, 0.1) is 0 Å². The molecule has 0 aliphatic rings. The van der Waals surface area contributed by atoms with E-state index in [4.69, 9.17) is 0 Å². The van der Waals surface area contributed by atoms with Gasteiger partial charge in [-0.3, -0.25) is 9.67 Å². The molecule has 0 saturated carbocycles. The third-order valence-corrected chi connectivity index (χ3v) is 3.01. The molecule has 0 amide bonds. The molecule has 0 bridgehead atoms. The van der Waals surface area contributed by atoms with Crippen molar-refractivity contribution in [1.82, 2.24) is 14.8 Å². The summed E-state index contributed by atoms with van der Waals surface area (Å²) in [6, 6.07) is 7.65. The van der Waals surface area contributed by atoms with Crippen LogP contribution in [0.15, 0.2) is 30.5 Å². The number of aliphatic hydroxyl groups is 1. The molecule has 0 saturated heterocycles. The fraction of sp³-hybridized carbons (Fsp3) is 0.429. The predicted octanol–water partition coefficient (Wildman–Crippen LogP) is 2.14. The summed E-state index contributed by atoms with van der Waals surface area (Å²) in [7, 11) is 0. The smallest absolute Gasteiger partial charge is 0.101 e. The molecular formula is C14H19N3O.